The number of nitro groups is 1. The summed E-state index contributed by atoms with van der Waals surface area (Å²) in [7, 11) is 0. The Morgan fingerprint density at radius 1 is 1.24 bits per heavy atom. The molecule has 0 aliphatic carbocycles. The van der Waals surface area contributed by atoms with E-state index >= 15 is 0 Å². The molecule has 1 amide bonds. The minimum absolute atomic E-state index is 0.00454. The van der Waals surface area contributed by atoms with Crippen LogP contribution in [0.5, 0.6) is 0 Å². The molecule has 0 aliphatic rings. The lowest BCUT2D eigenvalue weighted by atomic mass is 10.2. The van der Waals surface area contributed by atoms with E-state index in [9.17, 15) is 19.3 Å². The molecule has 0 atom stereocenters. The van der Waals surface area contributed by atoms with Crippen molar-refractivity contribution in [2.45, 2.75) is 0 Å². The van der Waals surface area contributed by atoms with Gasteiger partial charge >= 0.3 is 0 Å². The lowest BCUT2D eigenvalue weighted by molar-refractivity contribution is -0.384. The fourth-order valence-electron chi connectivity index (χ4n) is 1.62. The highest BCUT2D eigenvalue weighted by Gasteiger charge is 2.20. The molecule has 0 fully saturated rings. The third-order valence-electron chi connectivity index (χ3n) is 2.60. The number of carbonyl (C=O) groups excluding carboxylic acids is 1. The van der Waals surface area contributed by atoms with E-state index in [4.69, 9.17) is 23.2 Å². The SMILES string of the molecule is O=C(Nc1ccc(F)cc1Cl)c1cccc([N+](=O)[O-])c1Cl. The fraction of sp³-hybridized carbons (Fsp3) is 0. The van der Waals surface area contributed by atoms with Crippen molar-refractivity contribution in [2.24, 2.45) is 0 Å². The smallest absolute Gasteiger partial charge is 0.288 e. The molecule has 0 aliphatic heterocycles. The van der Waals surface area contributed by atoms with E-state index in [0.29, 0.717) is 0 Å². The highest BCUT2D eigenvalue weighted by atomic mass is 35.5. The molecular formula is C13H7Cl2FN2O3. The Morgan fingerprint density at radius 3 is 2.57 bits per heavy atom. The van der Waals surface area contributed by atoms with E-state index in [1.807, 2.05) is 0 Å². The first-order valence-corrected chi connectivity index (χ1v) is 6.35. The van der Waals surface area contributed by atoms with Gasteiger partial charge in [-0.15, -0.1) is 0 Å². The van der Waals surface area contributed by atoms with Gasteiger partial charge in [0, 0.05) is 6.07 Å². The number of carbonyl (C=O) groups is 1. The van der Waals surface area contributed by atoms with Gasteiger partial charge in [0.25, 0.3) is 11.6 Å². The number of benzene rings is 2. The number of nitrogens with one attached hydrogen (secondary N) is 1. The molecule has 0 radical (unpaired) electrons. The van der Waals surface area contributed by atoms with Crippen LogP contribution < -0.4 is 5.32 Å². The van der Waals surface area contributed by atoms with Crippen LogP contribution >= 0.6 is 23.2 Å². The van der Waals surface area contributed by atoms with Crippen molar-refractivity contribution in [1.29, 1.82) is 0 Å². The predicted octanol–water partition coefficient (Wildman–Crippen LogP) is 4.29. The number of halogens is 3. The second kappa shape index (κ2) is 6.07. The van der Waals surface area contributed by atoms with Crippen molar-refractivity contribution in [2.75, 3.05) is 5.32 Å². The summed E-state index contributed by atoms with van der Waals surface area (Å²) in [5.74, 6) is -1.23. The molecule has 0 aromatic heterocycles. The summed E-state index contributed by atoms with van der Waals surface area (Å²) in [6.45, 7) is 0. The van der Waals surface area contributed by atoms with Gasteiger partial charge in [-0.3, -0.25) is 14.9 Å². The molecule has 108 valence electrons. The highest BCUT2D eigenvalue weighted by Crippen LogP contribution is 2.29. The molecule has 1 N–H and O–H groups in total. The van der Waals surface area contributed by atoms with Gasteiger partial charge in [-0.2, -0.15) is 0 Å². The quantitative estimate of drug-likeness (QED) is 0.674. The van der Waals surface area contributed by atoms with Crippen molar-refractivity contribution in [1.82, 2.24) is 0 Å². The van der Waals surface area contributed by atoms with Crippen molar-refractivity contribution >= 4 is 40.5 Å². The van der Waals surface area contributed by atoms with Crippen molar-refractivity contribution in [3.05, 3.63) is 67.9 Å². The molecule has 2 aromatic carbocycles. The van der Waals surface area contributed by atoms with Crippen LogP contribution in [0.3, 0.4) is 0 Å². The van der Waals surface area contributed by atoms with E-state index in [-0.39, 0.29) is 27.0 Å². The Labute approximate surface area is 128 Å². The lowest BCUT2D eigenvalue weighted by Gasteiger charge is -2.08. The lowest BCUT2D eigenvalue weighted by Crippen LogP contribution is -2.13. The van der Waals surface area contributed by atoms with Gasteiger partial charge in [0.2, 0.25) is 0 Å². The highest BCUT2D eigenvalue weighted by molar-refractivity contribution is 6.37. The summed E-state index contributed by atoms with van der Waals surface area (Å²) >= 11 is 11.6. The molecule has 2 aromatic rings. The van der Waals surface area contributed by atoms with E-state index in [1.54, 1.807) is 0 Å². The molecule has 0 saturated carbocycles. The van der Waals surface area contributed by atoms with Gasteiger partial charge in [-0.1, -0.05) is 29.3 Å². The van der Waals surface area contributed by atoms with Gasteiger partial charge in [0.05, 0.1) is 21.2 Å². The molecule has 8 heteroatoms. The number of nitro benzene ring substituents is 1. The molecule has 2 rings (SSSR count). The average Bonchev–Trinajstić information content (AvgIpc) is 2.41. The topological polar surface area (TPSA) is 72.2 Å². The average molecular weight is 329 g/mol. The van der Waals surface area contributed by atoms with Gasteiger partial charge in [0.1, 0.15) is 10.8 Å². The first kappa shape index (κ1) is 15.2. The Balaban J connectivity index is 2.33. The van der Waals surface area contributed by atoms with E-state index in [1.165, 1.54) is 24.3 Å². The second-order valence-electron chi connectivity index (χ2n) is 3.97. The summed E-state index contributed by atoms with van der Waals surface area (Å²) in [5, 5.41) is 12.9. The largest absolute Gasteiger partial charge is 0.321 e. The van der Waals surface area contributed by atoms with E-state index in [2.05, 4.69) is 5.32 Å². The number of anilines is 1. The van der Waals surface area contributed by atoms with E-state index in [0.717, 1.165) is 12.1 Å². The Bertz CT molecular complexity index is 737. The van der Waals surface area contributed by atoms with Gasteiger partial charge in [-0.25, -0.2) is 4.39 Å². The summed E-state index contributed by atoms with van der Waals surface area (Å²) in [5.41, 5.74) is -0.286. The number of hydrogen-bond acceptors (Lipinski definition) is 3. The molecule has 0 spiro atoms. The molecular weight excluding hydrogens is 322 g/mol. The second-order valence-corrected chi connectivity index (χ2v) is 4.76. The van der Waals surface area contributed by atoms with Gasteiger partial charge in [-0.05, 0) is 24.3 Å². The summed E-state index contributed by atoms with van der Waals surface area (Å²) < 4.78 is 12.9. The third-order valence-corrected chi connectivity index (χ3v) is 3.31. The zero-order valence-corrected chi connectivity index (χ0v) is 11.8. The third kappa shape index (κ3) is 3.29. The summed E-state index contributed by atoms with van der Waals surface area (Å²) in [6, 6.07) is 7.29. The van der Waals surface area contributed by atoms with Crippen molar-refractivity contribution < 1.29 is 14.1 Å². The maximum atomic E-state index is 12.9. The summed E-state index contributed by atoms with van der Waals surface area (Å²) in [4.78, 5) is 22.2. The number of hydrogen-bond donors (Lipinski definition) is 1. The first-order valence-electron chi connectivity index (χ1n) is 5.59. The first-order chi connectivity index (χ1) is 9.90. The maximum Gasteiger partial charge on any atom is 0.288 e. The van der Waals surface area contributed by atoms with Gasteiger partial charge < -0.3 is 5.32 Å². The standard InChI is InChI=1S/C13H7Cl2FN2O3/c14-9-6-7(16)4-5-10(9)17-13(19)8-2-1-3-11(12(8)15)18(20)21/h1-6H,(H,17,19). The van der Waals surface area contributed by atoms with Crippen LogP contribution in [-0.2, 0) is 0 Å². The van der Waals surface area contributed by atoms with Crippen molar-refractivity contribution in [3.8, 4) is 0 Å². The Morgan fingerprint density at radius 2 is 1.95 bits per heavy atom. The fourth-order valence-corrected chi connectivity index (χ4v) is 2.11. The number of amides is 1. The molecule has 0 bridgehead atoms. The van der Waals surface area contributed by atoms with Crippen LogP contribution in [0.1, 0.15) is 10.4 Å². The summed E-state index contributed by atoms with van der Waals surface area (Å²) in [6.07, 6.45) is 0. The van der Waals surface area contributed by atoms with Crippen LogP contribution in [0, 0.1) is 15.9 Å². The van der Waals surface area contributed by atoms with E-state index < -0.39 is 16.6 Å². The van der Waals surface area contributed by atoms with Crippen LogP contribution in [0.15, 0.2) is 36.4 Å². The minimum Gasteiger partial charge on any atom is -0.321 e. The zero-order chi connectivity index (χ0) is 15.6. The van der Waals surface area contributed by atoms with Crippen LogP contribution in [-0.4, -0.2) is 10.8 Å². The molecule has 0 saturated heterocycles. The van der Waals surface area contributed by atoms with Crippen LogP contribution in [0.4, 0.5) is 15.8 Å². The normalized spacial score (nSPS) is 10.2. The minimum atomic E-state index is -0.690. The van der Waals surface area contributed by atoms with Crippen LogP contribution in [0.2, 0.25) is 10.0 Å². The monoisotopic (exact) mass is 328 g/mol. The molecule has 0 heterocycles. The Kier molecular flexibility index (Phi) is 4.40. The molecule has 21 heavy (non-hydrogen) atoms. The molecule has 5 nitrogen and oxygen atoms in total. The van der Waals surface area contributed by atoms with Crippen LogP contribution in [0.25, 0.3) is 0 Å². The Hall–Kier alpha value is -2.18. The zero-order valence-electron chi connectivity index (χ0n) is 10.3. The molecule has 0 unspecified atom stereocenters. The van der Waals surface area contributed by atoms with Gasteiger partial charge in [0.15, 0.2) is 0 Å². The van der Waals surface area contributed by atoms with Crippen molar-refractivity contribution in [3.63, 3.8) is 0 Å². The predicted molar refractivity (Wildman–Crippen MR) is 77.5 cm³/mol. The number of rotatable bonds is 3. The number of nitrogens with zero attached hydrogens (tertiary/aromatic N) is 1. The maximum absolute atomic E-state index is 12.9.